The van der Waals surface area contributed by atoms with Crippen LogP contribution in [-0.4, -0.2) is 10.1 Å². The minimum Gasteiger partial charge on any atom is -0.331 e. The maximum atomic E-state index is 12.8. The topological polar surface area (TPSA) is 49.0 Å². The molecular weight excluding hydrogens is 387 g/mol. The molecule has 3 rings (SSSR count). The van der Waals surface area contributed by atoms with E-state index < -0.39 is 0 Å². The van der Waals surface area contributed by atoms with Gasteiger partial charge in [-0.05, 0) is 54.7 Å². The van der Waals surface area contributed by atoms with Crippen molar-refractivity contribution >= 4 is 65.6 Å². The van der Waals surface area contributed by atoms with Crippen molar-refractivity contribution in [3.63, 3.8) is 0 Å². The van der Waals surface area contributed by atoms with E-state index in [4.69, 9.17) is 12.2 Å². The average Bonchev–Trinajstić information content (AvgIpc) is 2.89. The minimum atomic E-state index is -0.289. The molecule has 0 saturated heterocycles. The van der Waals surface area contributed by atoms with Crippen molar-refractivity contribution in [3.8, 4) is 0 Å². The Hall–Kier alpha value is -1.77. The monoisotopic (exact) mass is 396 g/mol. The van der Waals surface area contributed by atoms with E-state index >= 15 is 0 Å². The van der Waals surface area contributed by atoms with Crippen LogP contribution >= 0.6 is 39.5 Å². The molecule has 22 heavy (non-hydrogen) atoms. The zero-order valence-electron chi connectivity index (χ0n) is 11.1. The van der Waals surface area contributed by atoms with Gasteiger partial charge in [0.1, 0.15) is 5.82 Å². The molecule has 0 amide bonds. The van der Waals surface area contributed by atoms with Gasteiger partial charge in [0, 0.05) is 10.2 Å². The van der Waals surface area contributed by atoms with Gasteiger partial charge in [0.05, 0.1) is 10.2 Å². The van der Waals surface area contributed by atoms with Gasteiger partial charge < -0.3 is 5.32 Å². The number of thiazole rings is 1. The fourth-order valence-electron chi connectivity index (χ4n) is 1.76. The quantitative estimate of drug-likeness (QED) is 0.449. The molecule has 0 aliphatic rings. The van der Waals surface area contributed by atoms with Crippen LogP contribution in [0.15, 0.2) is 46.9 Å². The Bertz CT molecular complexity index is 819. The molecular formula is C14H10BrFN4S2. The van der Waals surface area contributed by atoms with Crippen molar-refractivity contribution in [2.75, 3.05) is 10.7 Å². The second-order valence-corrected chi connectivity index (χ2v) is 6.70. The van der Waals surface area contributed by atoms with Crippen LogP contribution in [0.3, 0.4) is 0 Å². The Morgan fingerprint density at radius 2 is 1.95 bits per heavy atom. The van der Waals surface area contributed by atoms with Gasteiger partial charge in [-0.2, -0.15) is 0 Å². The number of fused-ring (bicyclic) bond motifs is 1. The standard InChI is InChI=1S/C14H10BrFN4S2/c15-8-1-6-11-12(7-8)22-14(18-11)20-19-13(21)17-10-4-2-9(16)3-5-10/h1-7H,(H,18,20)(H2,17,19,21). The molecule has 0 atom stereocenters. The molecule has 0 aliphatic carbocycles. The van der Waals surface area contributed by atoms with E-state index in [-0.39, 0.29) is 5.82 Å². The highest BCUT2D eigenvalue weighted by atomic mass is 79.9. The first-order valence-electron chi connectivity index (χ1n) is 6.25. The van der Waals surface area contributed by atoms with Gasteiger partial charge in [-0.3, -0.25) is 10.9 Å². The average molecular weight is 397 g/mol. The maximum Gasteiger partial charge on any atom is 0.202 e. The smallest absolute Gasteiger partial charge is 0.202 e. The Labute approximate surface area is 143 Å². The van der Waals surface area contributed by atoms with Gasteiger partial charge >= 0.3 is 0 Å². The Kier molecular flexibility index (Phi) is 4.51. The molecule has 0 fully saturated rings. The zero-order valence-corrected chi connectivity index (χ0v) is 14.3. The number of hydrogen-bond acceptors (Lipinski definition) is 4. The lowest BCUT2D eigenvalue weighted by atomic mass is 10.3. The van der Waals surface area contributed by atoms with Crippen LogP contribution in [0, 0.1) is 5.82 Å². The Balaban J connectivity index is 1.61. The molecule has 1 aromatic heterocycles. The molecule has 0 saturated carbocycles. The Morgan fingerprint density at radius 1 is 1.18 bits per heavy atom. The molecule has 1 heterocycles. The highest BCUT2D eigenvalue weighted by molar-refractivity contribution is 9.10. The van der Waals surface area contributed by atoms with Crippen molar-refractivity contribution in [2.45, 2.75) is 0 Å². The number of hydrogen-bond donors (Lipinski definition) is 3. The lowest BCUT2D eigenvalue weighted by Crippen LogP contribution is -2.33. The summed E-state index contributed by atoms with van der Waals surface area (Å²) in [6, 6.07) is 11.8. The summed E-state index contributed by atoms with van der Waals surface area (Å²) in [6.07, 6.45) is 0. The van der Waals surface area contributed by atoms with Crippen molar-refractivity contribution in [3.05, 3.63) is 52.8 Å². The van der Waals surface area contributed by atoms with Gasteiger partial charge in [0.2, 0.25) is 5.13 Å². The van der Waals surface area contributed by atoms with E-state index in [2.05, 4.69) is 37.1 Å². The molecule has 3 aromatic rings. The zero-order chi connectivity index (χ0) is 15.5. The van der Waals surface area contributed by atoms with Gasteiger partial charge in [0.25, 0.3) is 0 Å². The molecule has 0 spiro atoms. The minimum absolute atomic E-state index is 0.289. The summed E-state index contributed by atoms with van der Waals surface area (Å²) in [6.45, 7) is 0. The number of hydrazine groups is 1. The summed E-state index contributed by atoms with van der Waals surface area (Å²) >= 11 is 10.1. The predicted octanol–water partition coefficient (Wildman–Crippen LogP) is 4.51. The third-order valence-corrected chi connectivity index (χ3v) is 4.37. The van der Waals surface area contributed by atoms with E-state index in [0.29, 0.717) is 15.9 Å². The molecule has 0 radical (unpaired) electrons. The number of benzene rings is 2. The molecule has 4 nitrogen and oxygen atoms in total. The molecule has 3 N–H and O–H groups in total. The third-order valence-electron chi connectivity index (χ3n) is 2.74. The van der Waals surface area contributed by atoms with E-state index in [1.54, 1.807) is 12.1 Å². The summed E-state index contributed by atoms with van der Waals surface area (Å²) in [5, 5.41) is 4.02. The fraction of sp³-hybridized carbons (Fsp3) is 0. The van der Waals surface area contributed by atoms with Gasteiger partial charge in [-0.15, -0.1) is 0 Å². The first kappa shape index (κ1) is 15.1. The Morgan fingerprint density at radius 3 is 2.73 bits per heavy atom. The number of aromatic nitrogens is 1. The number of nitrogens with one attached hydrogen (secondary N) is 3. The van der Waals surface area contributed by atoms with Gasteiger partial charge in [-0.25, -0.2) is 9.37 Å². The summed E-state index contributed by atoms with van der Waals surface area (Å²) in [5.41, 5.74) is 7.41. The SMILES string of the molecule is Fc1ccc(NC(=S)NNc2nc3ccc(Br)cc3s2)cc1. The first-order valence-corrected chi connectivity index (χ1v) is 8.26. The van der Waals surface area contributed by atoms with Gasteiger partial charge in [-0.1, -0.05) is 27.3 Å². The highest BCUT2D eigenvalue weighted by Crippen LogP contribution is 2.27. The van der Waals surface area contributed by atoms with E-state index in [9.17, 15) is 4.39 Å². The number of halogens is 2. The van der Waals surface area contributed by atoms with E-state index in [1.807, 2.05) is 18.2 Å². The largest absolute Gasteiger partial charge is 0.331 e. The van der Waals surface area contributed by atoms with Crippen LogP contribution in [0.25, 0.3) is 10.2 Å². The van der Waals surface area contributed by atoms with Crippen LogP contribution in [0.5, 0.6) is 0 Å². The molecule has 112 valence electrons. The van der Waals surface area contributed by atoms with Crippen molar-refractivity contribution in [1.29, 1.82) is 0 Å². The van der Waals surface area contributed by atoms with Crippen molar-refractivity contribution < 1.29 is 4.39 Å². The molecule has 2 aromatic carbocycles. The van der Waals surface area contributed by atoms with E-state index in [1.165, 1.54) is 23.5 Å². The molecule has 8 heteroatoms. The van der Waals surface area contributed by atoms with E-state index in [0.717, 1.165) is 14.7 Å². The summed E-state index contributed by atoms with van der Waals surface area (Å²) in [4.78, 5) is 4.43. The van der Waals surface area contributed by atoms with Crippen LogP contribution < -0.4 is 16.2 Å². The summed E-state index contributed by atoms with van der Waals surface area (Å²) in [5.74, 6) is -0.289. The summed E-state index contributed by atoms with van der Waals surface area (Å²) < 4.78 is 14.9. The molecule has 0 unspecified atom stereocenters. The first-order chi connectivity index (χ1) is 10.6. The number of rotatable bonds is 3. The lowest BCUT2D eigenvalue weighted by molar-refractivity contribution is 0.628. The van der Waals surface area contributed by atoms with Crippen LogP contribution in [0.1, 0.15) is 0 Å². The van der Waals surface area contributed by atoms with Crippen LogP contribution in [-0.2, 0) is 0 Å². The number of thiocarbonyl (C=S) groups is 1. The second-order valence-electron chi connectivity index (χ2n) is 4.34. The van der Waals surface area contributed by atoms with Crippen molar-refractivity contribution in [1.82, 2.24) is 10.4 Å². The van der Waals surface area contributed by atoms with Crippen LogP contribution in [0.4, 0.5) is 15.2 Å². The lowest BCUT2D eigenvalue weighted by Gasteiger charge is -2.10. The van der Waals surface area contributed by atoms with Crippen molar-refractivity contribution in [2.24, 2.45) is 0 Å². The fourth-order valence-corrected chi connectivity index (χ4v) is 3.30. The normalized spacial score (nSPS) is 10.5. The summed E-state index contributed by atoms with van der Waals surface area (Å²) in [7, 11) is 0. The predicted molar refractivity (Wildman–Crippen MR) is 96.7 cm³/mol. The highest BCUT2D eigenvalue weighted by Gasteiger charge is 2.04. The number of nitrogens with zero attached hydrogens (tertiary/aromatic N) is 1. The molecule has 0 bridgehead atoms. The van der Waals surface area contributed by atoms with Gasteiger partial charge in [0.15, 0.2) is 5.11 Å². The molecule has 0 aliphatic heterocycles. The van der Waals surface area contributed by atoms with Crippen LogP contribution in [0.2, 0.25) is 0 Å². The number of anilines is 2. The maximum absolute atomic E-state index is 12.8. The third kappa shape index (κ3) is 3.70. The second kappa shape index (κ2) is 6.55.